The number of aryl methyl sites for hydroxylation is 1. The number of ether oxygens (including phenoxy) is 1. The van der Waals surface area contributed by atoms with Crippen molar-refractivity contribution in [1.82, 2.24) is 0 Å². The van der Waals surface area contributed by atoms with Gasteiger partial charge in [-0.05, 0) is 47.0 Å². The van der Waals surface area contributed by atoms with Gasteiger partial charge in [0.25, 0.3) is 5.91 Å². The molecule has 0 atom stereocenters. The van der Waals surface area contributed by atoms with Crippen LogP contribution in [0.1, 0.15) is 21.5 Å². The smallest absolute Gasteiger partial charge is 0.252 e. The van der Waals surface area contributed by atoms with Crippen molar-refractivity contribution in [2.24, 2.45) is 5.73 Å². The van der Waals surface area contributed by atoms with Crippen LogP contribution in [0.15, 0.2) is 60.7 Å². The third kappa shape index (κ3) is 2.93. The molecule has 0 aliphatic rings. The summed E-state index contributed by atoms with van der Waals surface area (Å²) in [5.74, 6) is 0.0502. The minimum absolute atomic E-state index is 0.397. The molecule has 0 saturated carbocycles. The average Bonchev–Trinajstić information content (AvgIpc) is 2.52. The lowest BCUT2D eigenvalue weighted by atomic mass is 10.1. The Balaban J connectivity index is 1.84. The lowest BCUT2D eigenvalue weighted by molar-refractivity contribution is 0.0996. The van der Waals surface area contributed by atoms with Crippen molar-refractivity contribution < 1.29 is 9.53 Å². The van der Waals surface area contributed by atoms with Crippen LogP contribution < -0.4 is 10.5 Å². The van der Waals surface area contributed by atoms with Gasteiger partial charge in [0, 0.05) is 0 Å². The van der Waals surface area contributed by atoms with E-state index in [-0.39, 0.29) is 0 Å². The van der Waals surface area contributed by atoms with Gasteiger partial charge in [0.1, 0.15) is 12.4 Å². The van der Waals surface area contributed by atoms with Crippen molar-refractivity contribution in [1.29, 1.82) is 0 Å². The van der Waals surface area contributed by atoms with Crippen LogP contribution in [0, 0.1) is 6.92 Å². The molecule has 0 aromatic heterocycles. The molecule has 0 saturated heterocycles. The Morgan fingerprint density at radius 3 is 2.55 bits per heavy atom. The molecule has 0 radical (unpaired) electrons. The SMILES string of the molecule is Cc1ccc(C(N)=O)c(OCc2ccc3ccccc3c2)c1. The summed E-state index contributed by atoms with van der Waals surface area (Å²) < 4.78 is 5.81. The summed E-state index contributed by atoms with van der Waals surface area (Å²) in [5.41, 5.74) is 7.88. The van der Waals surface area contributed by atoms with Gasteiger partial charge in [-0.2, -0.15) is 0 Å². The second-order valence-corrected chi connectivity index (χ2v) is 5.33. The molecule has 3 aromatic rings. The molecule has 0 fully saturated rings. The lowest BCUT2D eigenvalue weighted by Gasteiger charge is -2.11. The quantitative estimate of drug-likeness (QED) is 0.794. The monoisotopic (exact) mass is 291 g/mol. The van der Waals surface area contributed by atoms with E-state index < -0.39 is 5.91 Å². The summed E-state index contributed by atoms with van der Waals surface area (Å²) in [6.45, 7) is 2.35. The van der Waals surface area contributed by atoms with Gasteiger partial charge in [-0.15, -0.1) is 0 Å². The van der Waals surface area contributed by atoms with Gasteiger partial charge in [0.05, 0.1) is 5.56 Å². The first-order chi connectivity index (χ1) is 10.6. The maximum absolute atomic E-state index is 11.5. The third-order valence-electron chi connectivity index (χ3n) is 3.61. The molecule has 3 nitrogen and oxygen atoms in total. The molecule has 3 aromatic carbocycles. The number of fused-ring (bicyclic) bond motifs is 1. The molecule has 0 aliphatic carbocycles. The van der Waals surface area contributed by atoms with E-state index in [1.807, 2.05) is 37.3 Å². The Morgan fingerprint density at radius 2 is 1.77 bits per heavy atom. The molecule has 0 spiro atoms. The molecule has 0 aliphatic heterocycles. The normalized spacial score (nSPS) is 10.6. The van der Waals surface area contributed by atoms with Crippen LogP contribution in [0.5, 0.6) is 5.75 Å². The van der Waals surface area contributed by atoms with Crippen molar-refractivity contribution in [2.75, 3.05) is 0 Å². The first-order valence-electron chi connectivity index (χ1n) is 7.14. The molecule has 0 unspecified atom stereocenters. The lowest BCUT2D eigenvalue weighted by Crippen LogP contribution is -2.13. The fourth-order valence-corrected chi connectivity index (χ4v) is 2.44. The van der Waals surface area contributed by atoms with Gasteiger partial charge in [-0.1, -0.05) is 42.5 Å². The Bertz CT molecular complexity index is 840. The van der Waals surface area contributed by atoms with Crippen LogP contribution in [0.2, 0.25) is 0 Å². The molecule has 22 heavy (non-hydrogen) atoms. The highest BCUT2D eigenvalue weighted by Gasteiger charge is 2.09. The standard InChI is InChI=1S/C19H17NO2/c1-13-6-9-17(19(20)21)18(10-13)22-12-14-7-8-15-4-2-3-5-16(15)11-14/h2-11H,12H2,1H3,(H2,20,21). The van der Waals surface area contributed by atoms with Crippen molar-refractivity contribution >= 4 is 16.7 Å². The highest BCUT2D eigenvalue weighted by molar-refractivity contribution is 5.95. The third-order valence-corrected chi connectivity index (χ3v) is 3.61. The Hall–Kier alpha value is -2.81. The zero-order valence-electron chi connectivity index (χ0n) is 12.4. The summed E-state index contributed by atoms with van der Waals surface area (Å²) in [6.07, 6.45) is 0. The maximum Gasteiger partial charge on any atom is 0.252 e. The predicted molar refractivity (Wildman–Crippen MR) is 88.0 cm³/mol. The number of amides is 1. The number of primary amides is 1. The number of carbonyl (C=O) groups is 1. The summed E-state index contributed by atoms with van der Waals surface area (Å²) >= 11 is 0. The molecule has 2 N–H and O–H groups in total. The van der Waals surface area contributed by atoms with Crippen LogP contribution in [0.3, 0.4) is 0 Å². The van der Waals surface area contributed by atoms with E-state index in [0.717, 1.165) is 11.1 Å². The van der Waals surface area contributed by atoms with E-state index in [9.17, 15) is 4.79 Å². The summed E-state index contributed by atoms with van der Waals surface area (Å²) in [5, 5.41) is 2.36. The number of nitrogens with two attached hydrogens (primary N) is 1. The minimum atomic E-state index is -0.478. The van der Waals surface area contributed by atoms with E-state index in [0.29, 0.717) is 17.9 Å². The molecule has 3 rings (SSSR count). The number of rotatable bonds is 4. The van der Waals surface area contributed by atoms with Gasteiger partial charge < -0.3 is 10.5 Å². The molecule has 3 heteroatoms. The van der Waals surface area contributed by atoms with Crippen molar-refractivity contribution in [3.63, 3.8) is 0 Å². The molecule has 1 amide bonds. The van der Waals surface area contributed by atoms with E-state index in [1.54, 1.807) is 6.07 Å². The van der Waals surface area contributed by atoms with Crippen LogP contribution >= 0.6 is 0 Å². The van der Waals surface area contributed by atoms with Crippen LogP contribution in [-0.2, 0) is 6.61 Å². The zero-order chi connectivity index (χ0) is 15.5. The minimum Gasteiger partial charge on any atom is -0.488 e. The van der Waals surface area contributed by atoms with Gasteiger partial charge in [0.15, 0.2) is 0 Å². The van der Waals surface area contributed by atoms with E-state index >= 15 is 0 Å². The van der Waals surface area contributed by atoms with Crippen molar-refractivity contribution in [2.45, 2.75) is 13.5 Å². The molecular formula is C19H17NO2. The number of benzene rings is 3. The molecule has 110 valence electrons. The van der Waals surface area contributed by atoms with Crippen LogP contribution in [0.25, 0.3) is 10.8 Å². The summed E-state index contributed by atoms with van der Waals surface area (Å²) in [6, 6.07) is 19.8. The van der Waals surface area contributed by atoms with Crippen molar-refractivity contribution in [3.8, 4) is 5.75 Å². The number of carbonyl (C=O) groups excluding carboxylic acids is 1. The van der Waals surface area contributed by atoms with Gasteiger partial charge in [-0.3, -0.25) is 4.79 Å². The Morgan fingerprint density at radius 1 is 1.00 bits per heavy atom. The predicted octanol–water partition coefficient (Wildman–Crippen LogP) is 3.83. The first kappa shape index (κ1) is 14.1. The van der Waals surface area contributed by atoms with Crippen molar-refractivity contribution in [3.05, 3.63) is 77.4 Å². The molecular weight excluding hydrogens is 274 g/mol. The van der Waals surface area contributed by atoms with E-state index in [1.165, 1.54) is 10.8 Å². The fourth-order valence-electron chi connectivity index (χ4n) is 2.44. The van der Waals surface area contributed by atoms with Gasteiger partial charge >= 0.3 is 0 Å². The first-order valence-corrected chi connectivity index (χ1v) is 7.14. The summed E-state index contributed by atoms with van der Waals surface area (Å²) in [4.78, 5) is 11.5. The zero-order valence-corrected chi connectivity index (χ0v) is 12.4. The summed E-state index contributed by atoms with van der Waals surface area (Å²) in [7, 11) is 0. The fraction of sp³-hybridized carbons (Fsp3) is 0.105. The Labute approximate surface area is 129 Å². The number of hydrogen-bond acceptors (Lipinski definition) is 2. The highest BCUT2D eigenvalue weighted by atomic mass is 16.5. The molecule has 0 bridgehead atoms. The second kappa shape index (κ2) is 5.90. The highest BCUT2D eigenvalue weighted by Crippen LogP contribution is 2.22. The number of hydrogen-bond donors (Lipinski definition) is 1. The largest absolute Gasteiger partial charge is 0.488 e. The van der Waals surface area contributed by atoms with Crippen LogP contribution in [0.4, 0.5) is 0 Å². The Kier molecular flexibility index (Phi) is 3.79. The maximum atomic E-state index is 11.5. The van der Waals surface area contributed by atoms with E-state index in [4.69, 9.17) is 10.5 Å². The average molecular weight is 291 g/mol. The topological polar surface area (TPSA) is 52.3 Å². The van der Waals surface area contributed by atoms with Gasteiger partial charge in [0.2, 0.25) is 0 Å². The van der Waals surface area contributed by atoms with E-state index in [2.05, 4.69) is 24.3 Å². The molecule has 0 heterocycles. The van der Waals surface area contributed by atoms with Gasteiger partial charge in [-0.25, -0.2) is 0 Å². The second-order valence-electron chi connectivity index (χ2n) is 5.33. The van der Waals surface area contributed by atoms with Crippen LogP contribution in [-0.4, -0.2) is 5.91 Å².